The van der Waals surface area contributed by atoms with Gasteiger partial charge in [0.05, 0.1) is 11.1 Å². The number of halogens is 1. The largest absolute Gasteiger partial charge is 0.506 e. The zero-order valence-electron chi connectivity index (χ0n) is 12.5. The molecule has 1 atom stereocenters. The lowest BCUT2D eigenvalue weighted by Gasteiger charge is -2.23. The first kappa shape index (κ1) is 15.8. The average molecular weight is 332 g/mol. The summed E-state index contributed by atoms with van der Waals surface area (Å²) >= 11 is 5.82. The van der Waals surface area contributed by atoms with Gasteiger partial charge in [-0.3, -0.25) is 4.79 Å². The molecule has 1 unspecified atom stereocenters. The van der Waals surface area contributed by atoms with Crippen molar-refractivity contribution < 1.29 is 15.0 Å². The van der Waals surface area contributed by atoms with Crippen molar-refractivity contribution in [2.24, 2.45) is 5.41 Å². The van der Waals surface area contributed by atoms with Gasteiger partial charge in [0.25, 0.3) is 5.91 Å². The van der Waals surface area contributed by atoms with E-state index in [4.69, 9.17) is 11.6 Å². The molecule has 0 radical (unpaired) electrons. The van der Waals surface area contributed by atoms with Crippen LogP contribution < -0.4 is 5.32 Å². The normalized spacial score (nSPS) is 16.6. The number of amides is 1. The van der Waals surface area contributed by atoms with Gasteiger partial charge in [0.1, 0.15) is 5.75 Å². The molecule has 0 aliphatic heterocycles. The first-order valence-corrected chi connectivity index (χ1v) is 7.89. The lowest BCUT2D eigenvalue weighted by atomic mass is 9.92. The minimum Gasteiger partial charge on any atom is -0.506 e. The number of phenolic OH excluding ortho intramolecular Hbond substituents is 1. The number of nitrogens with one attached hydrogen (secondary N) is 1. The number of carbonyl (C=O) groups is 1. The van der Waals surface area contributed by atoms with Gasteiger partial charge in [-0.25, -0.2) is 0 Å². The number of phenols is 1. The van der Waals surface area contributed by atoms with Crippen LogP contribution in [0.15, 0.2) is 48.5 Å². The Bertz CT molecular complexity index is 713. The average Bonchev–Trinajstić information content (AvgIpc) is 3.36. The molecule has 0 bridgehead atoms. The van der Waals surface area contributed by atoms with Crippen LogP contribution in [0.3, 0.4) is 0 Å². The fourth-order valence-corrected chi connectivity index (χ4v) is 2.88. The van der Waals surface area contributed by atoms with Crippen molar-refractivity contribution >= 4 is 17.5 Å². The second-order valence-corrected chi connectivity index (χ2v) is 6.43. The molecule has 1 aliphatic carbocycles. The van der Waals surface area contributed by atoms with Gasteiger partial charge in [-0.1, -0.05) is 41.9 Å². The number of benzene rings is 2. The van der Waals surface area contributed by atoms with Crippen LogP contribution in [0.25, 0.3) is 0 Å². The molecular weight excluding hydrogens is 314 g/mol. The summed E-state index contributed by atoms with van der Waals surface area (Å²) in [5.41, 5.74) is 0.960. The van der Waals surface area contributed by atoms with Crippen molar-refractivity contribution in [1.29, 1.82) is 0 Å². The summed E-state index contributed by atoms with van der Waals surface area (Å²) in [6, 6.07) is 13.8. The number of hydrogen-bond donors (Lipinski definition) is 3. The Kier molecular flexibility index (Phi) is 4.28. The Hall–Kier alpha value is -2.04. The van der Waals surface area contributed by atoms with Gasteiger partial charge in [-0.15, -0.1) is 0 Å². The van der Waals surface area contributed by atoms with Crippen LogP contribution in [-0.4, -0.2) is 22.7 Å². The van der Waals surface area contributed by atoms with E-state index in [2.05, 4.69) is 5.32 Å². The SMILES string of the molecule is O=C(NCC1(C(O)c2ccccc2)CC1)c1ccc(O)c(Cl)c1. The first-order chi connectivity index (χ1) is 11.0. The summed E-state index contributed by atoms with van der Waals surface area (Å²) in [4.78, 5) is 12.2. The molecule has 0 spiro atoms. The van der Waals surface area contributed by atoms with Crippen molar-refractivity contribution in [2.45, 2.75) is 18.9 Å². The van der Waals surface area contributed by atoms with Gasteiger partial charge in [0.15, 0.2) is 0 Å². The van der Waals surface area contributed by atoms with Crippen molar-refractivity contribution in [3.8, 4) is 5.75 Å². The predicted octanol–water partition coefficient (Wildman–Crippen LogP) is 3.29. The zero-order valence-corrected chi connectivity index (χ0v) is 13.3. The third-order valence-corrected chi connectivity index (χ3v) is 4.70. The maximum atomic E-state index is 12.2. The van der Waals surface area contributed by atoms with Crippen LogP contribution in [0.2, 0.25) is 5.02 Å². The fraction of sp³-hybridized carbons (Fsp3) is 0.278. The molecule has 1 amide bonds. The minimum atomic E-state index is -0.590. The van der Waals surface area contributed by atoms with Gasteiger partial charge in [-0.2, -0.15) is 0 Å². The van der Waals surface area contributed by atoms with E-state index in [-0.39, 0.29) is 22.1 Å². The second kappa shape index (κ2) is 6.22. The van der Waals surface area contributed by atoms with E-state index in [9.17, 15) is 15.0 Å². The molecule has 3 rings (SSSR count). The summed E-state index contributed by atoms with van der Waals surface area (Å²) in [5, 5.41) is 23.0. The number of aromatic hydroxyl groups is 1. The van der Waals surface area contributed by atoms with Crippen molar-refractivity contribution in [3.63, 3.8) is 0 Å². The molecule has 1 aliphatic rings. The fourth-order valence-electron chi connectivity index (χ4n) is 2.70. The highest BCUT2D eigenvalue weighted by molar-refractivity contribution is 6.32. The Morgan fingerprint density at radius 2 is 1.91 bits per heavy atom. The Morgan fingerprint density at radius 1 is 1.22 bits per heavy atom. The highest BCUT2D eigenvalue weighted by atomic mass is 35.5. The lowest BCUT2D eigenvalue weighted by molar-refractivity contribution is 0.0808. The molecule has 120 valence electrons. The molecule has 4 nitrogen and oxygen atoms in total. The van der Waals surface area contributed by atoms with Crippen LogP contribution in [0.5, 0.6) is 5.75 Å². The Balaban J connectivity index is 1.65. The van der Waals surface area contributed by atoms with Crippen molar-refractivity contribution in [1.82, 2.24) is 5.32 Å². The minimum absolute atomic E-state index is 0.0543. The Labute approximate surface area is 139 Å². The first-order valence-electron chi connectivity index (χ1n) is 7.52. The van der Waals surface area contributed by atoms with E-state index < -0.39 is 6.10 Å². The lowest BCUT2D eigenvalue weighted by Crippen LogP contribution is -2.33. The molecule has 1 saturated carbocycles. The molecule has 3 N–H and O–H groups in total. The predicted molar refractivity (Wildman–Crippen MR) is 88.5 cm³/mol. The van der Waals surface area contributed by atoms with Crippen LogP contribution in [-0.2, 0) is 0 Å². The standard InChI is InChI=1S/C18H18ClNO3/c19-14-10-13(6-7-15(14)21)17(23)20-11-18(8-9-18)16(22)12-4-2-1-3-5-12/h1-7,10,16,21-22H,8-9,11H2,(H,20,23). The topological polar surface area (TPSA) is 69.6 Å². The third-order valence-electron chi connectivity index (χ3n) is 4.40. The number of aliphatic hydroxyl groups is 1. The van der Waals surface area contributed by atoms with Crippen molar-refractivity contribution in [3.05, 3.63) is 64.7 Å². The van der Waals surface area contributed by atoms with Crippen LogP contribution >= 0.6 is 11.6 Å². The quantitative estimate of drug-likeness (QED) is 0.787. The molecule has 0 heterocycles. The highest BCUT2D eigenvalue weighted by Crippen LogP contribution is 2.54. The summed E-state index contributed by atoms with van der Waals surface area (Å²) in [7, 11) is 0. The molecule has 0 saturated heterocycles. The molecule has 1 fully saturated rings. The maximum absolute atomic E-state index is 12.2. The summed E-state index contributed by atoms with van der Waals surface area (Å²) in [5.74, 6) is -0.320. The van der Waals surface area contributed by atoms with Gasteiger partial charge in [0.2, 0.25) is 0 Å². The highest BCUT2D eigenvalue weighted by Gasteiger charge is 2.49. The zero-order chi connectivity index (χ0) is 16.4. The van der Waals surface area contributed by atoms with Crippen LogP contribution in [0.1, 0.15) is 34.9 Å². The number of rotatable bonds is 5. The number of carbonyl (C=O) groups excluding carboxylic acids is 1. The summed E-state index contributed by atoms with van der Waals surface area (Å²) in [6.07, 6.45) is 1.16. The molecule has 23 heavy (non-hydrogen) atoms. The van der Waals surface area contributed by atoms with E-state index in [1.54, 1.807) is 0 Å². The Morgan fingerprint density at radius 3 is 2.52 bits per heavy atom. The van der Waals surface area contributed by atoms with E-state index in [1.807, 2.05) is 30.3 Å². The maximum Gasteiger partial charge on any atom is 0.251 e. The molecule has 0 aromatic heterocycles. The van der Waals surface area contributed by atoms with Gasteiger partial charge in [-0.05, 0) is 36.6 Å². The molecule has 2 aromatic rings. The van der Waals surface area contributed by atoms with Crippen LogP contribution in [0, 0.1) is 5.41 Å². The van der Waals surface area contributed by atoms with Gasteiger partial charge in [0, 0.05) is 17.5 Å². The summed E-state index contributed by atoms with van der Waals surface area (Å²) in [6.45, 7) is 0.403. The summed E-state index contributed by atoms with van der Waals surface area (Å²) < 4.78 is 0. The van der Waals surface area contributed by atoms with E-state index >= 15 is 0 Å². The number of aliphatic hydroxyl groups excluding tert-OH is 1. The van der Waals surface area contributed by atoms with Gasteiger partial charge < -0.3 is 15.5 Å². The molecule has 2 aromatic carbocycles. The molecule has 5 heteroatoms. The smallest absolute Gasteiger partial charge is 0.251 e. The van der Waals surface area contributed by atoms with E-state index in [0.717, 1.165) is 18.4 Å². The van der Waals surface area contributed by atoms with Crippen molar-refractivity contribution in [2.75, 3.05) is 6.54 Å². The number of hydrogen-bond acceptors (Lipinski definition) is 3. The van der Waals surface area contributed by atoms with E-state index in [1.165, 1.54) is 18.2 Å². The monoisotopic (exact) mass is 331 g/mol. The van der Waals surface area contributed by atoms with Crippen LogP contribution in [0.4, 0.5) is 0 Å². The van der Waals surface area contributed by atoms with Gasteiger partial charge >= 0.3 is 0 Å². The third kappa shape index (κ3) is 3.33. The van der Waals surface area contributed by atoms with E-state index in [0.29, 0.717) is 12.1 Å². The molecular formula is C18H18ClNO3. The second-order valence-electron chi connectivity index (χ2n) is 6.02.